The van der Waals surface area contributed by atoms with Crippen molar-refractivity contribution >= 4 is 0 Å². The first-order chi connectivity index (χ1) is 19.1. The van der Waals surface area contributed by atoms with E-state index in [4.69, 9.17) is 4.74 Å². The minimum atomic E-state index is 0.0515. The molecule has 0 fully saturated rings. The second-order valence-corrected chi connectivity index (χ2v) is 12.3. The molecular weight excluding hydrogens is 508 g/mol. The Hall–Kier alpha value is -3.48. The maximum absolute atomic E-state index is 5.05. The first-order valence-corrected chi connectivity index (χ1v) is 14.7. The predicted octanol–water partition coefficient (Wildman–Crippen LogP) is 8.90. The first-order valence-electron chi connectivity index (χ1n) is 14.7. The van der Waals surface area contributed by atoms with Crippen LogP contribution < -0.4 is 4.74 Å². The van der Waals surface area contributed by atoms with Gasteiger partial charge in [-0.15, -0.1) is 0 Å². The maximum Gasteiger partial charge on any atom is 0.213 e. The third kappa shape index (κ3) is 11.1. The molecule has 4 aromatic heterocycles. The first kappa shape index (κ1) is 35.5. The van der Waals surface area contributed by atoms with Gasteiger partial charge in [0.05, 0.1) is 42.3 Å². The number of aromatic nitrogens is 6. The number of nitrogens with zero attached hydrogens (tertiary/aromatic N) is 6. The normalized spacial score (nSPS) is 10.9. The van der Waals surface area contributed by atoms with Crippen LogP contribution in [0.5, 0.6) is 5.88 Å². The Morgan fingerprint density at radius 3 is 1.29 bits per heavy atom. The van der Waals surface area contributed by atoms with Crippen LogP contribution in [0.4, 0.5) is 0 Å². The van der Waals surface area contributed by atoms with Crippen molar-refractivity contribution in [3.63, 3.8) is 0 Å². The third-order valence-corrected chi connectivity index (χ3v) is 5.63. The highest BCUT2D eigenvalue weighted by Crippen LogP contribution is 2.24. The van der Waals surface area contributed by atoms with Gasteiger partial charge in [0.15, 0.2) is 0 Å². The molecule has 0 aliphatic carbocycles. The lowest BCUT2D eigenvalue weighted by Crippen LogP contribution is -2.12. The molecule has 0 radical (unpaired) electrons. The van der Waals surface area contributed by atoms with Crippen molar-refractivity contribution in [2.75, 3.05) is 7.11 Å². The predicted molar refractivity (Wildman–Crippen MR) is 173 cm³/mol. The summed E-state index contributed by atoms with van der Waals surface area (Å²) < 4.78 is 8.92. The quantitative estimate of drug-likeness (QED) is 0.249. The molecule has 4 rings (SSSR count). The molecule has 0 spiro atoms. The second-order valence-electron chi connectivity index (χ2n) is 12.3. The minimum absolute atomic E-state index is 0.0515. The van der Waals surface area contributed by atoms with Crippen molar-refractivity contribution < 1.29 is 4.74 Å². The van der Waals surface area contributed by atoms with Gasteiger partial charge < -0.3 is 4.74 Å². The van der Waals surface area contributed by atoms with Gasteiger partial charge in [-0.25, -0.2) is 14.3 Å². The third-order valence-electron chi connectivity index (χ3n) is 5.63. The topological polar surface area (TPSA) is 70.7 Å². The van der Waals surface area contributed by atoms with Crippen LogP contribution in [0.3, 0.4) is 0 Å². The van der Waals surface area contributed by atoms with E-state index in [9.17, 15) is 0 Å². The lowest BCUT2D eigenvalue weighted by atomic mass is 9.92. The molecule has 0 atom stereocenters. The molecule has 0 aliphatic rings. The van der Waals surface area contributed by atoms with Crippen molar-refractivity contribution in [3.8, 4) is 17.3 Å². The maximum atomic E-state index is 5.05. The zero-order valence-corrected chi connectivity index (χ0v) is 28.1. The molecule has 0 amide bonds. The standard InChI is InChI=1S/C14H19N3O.C14H19N3.2C3H8/c1-10-8-12(14(2,3)4)16-17(10)11-6-7-13(18-5)15-9-11;1-10-6-7-12(9-15-10)17-11(2)8-13(16-17)14(3,4)5;2*1-3-2/h6-9H,1-5H3;6-9H,1-5H3;2*3H2,1-2H3. The Bertz CT molecular complexity index is 1290. The highest BCUT2D eigenvalue weighted by Gasteiger charge is 2.20. The zero-order valence-electron chi connectivity index (χ0n) is 28.1. The van der Waals surface area contributed by atoms with E-state index in [1.807, 2.05) is 47.6 Å². The SMILES string of the molecule is CCC.CCC.COc1ccc(-n2nc(C(C)(C)C)cc2C)cn1.Cc1ccc(-n2nc(C(C)(C)C)cc2C)cn1. The smallest absolute Gasteiger partial charge is 0.213 e. The van der Waals surface area contributed by atoms with E-state index in [1.54, 1.807) is 13.3 Å². The van der Waals surface area contributed by atoms with E-state index in [2.05, 4.69) is 115 Å². The molecule has 0 unspecified atom stereocenters. The van der Waals surface area contributed by atoms with Gasteiger partial charge in [-0.2, -0.15) is 10.2 Å². The van der Waals surface area contributed by atoms with Gasteiger partial charge in [-0.3, -0.25) is 4.98 Å². The molecule has 41 heavy (non-hydrogen) atoms. The number of hydrogen-bond acceptors (Lipinski definition) is 5. The van der Waals surface area contributed by atoms with Gasteiger partial charge >= 0.3 is 0 Å². The van der Waals surface area contributed by atoms with E-state index < -0.39 is 0 Å². The summed E-state index contributed by atoms with van der Waals surface area (Å²) in [5.74, 6) is 0.611. The average molecular weight is 563 g/mol. The van der Waals surface area contributed by atoms with Crippen molar-refractivity contribution in [2.45, 2.75) is 114 Å². The van der Waals surface area contributed by atoms with Crippen molar-refractivity contribution in [1.29, 1.82) is 0 Å². The molecule has 4 heterocycles. The van der Waals surface area contributed by atoms with Gasteiger partial charge in [0.2, 0.25) is 5.88 Å². The molecule has 0 saturated heterocycles. The van der Waals surface area contributed by atoms with Crippen LogP contribution >= 0.6 is 0 Å². The molecule has 0 bridgehead atoms. The van der Waals surface area contributed by atoms with E-state index in [0.29, 0.717) is 5.88 Å². The lowest BCUT2D eigenvalue weighted by molar-refractivity contribution is 0.397. The average Bonchev–Trinajstić information content (AvgIpc) is 3.49. The number of rotatable bonds is 3. The number of hydrogen-bond donors (Lipinski definition) is 0. The highest BCUT2D eigenvalue weighted by atomic mass is 16.5. The molecule has 0 saturated carbocycles. The Morgan fingerprint density at radius 2 is 1.02 bits per heavy atom. The van der Waals surface area contributed by atoms with E-state index in [0.717, 1.165) is 39.8 Å². The molecule has 4 aromatic rings. The van der Waals surface area contributed by atoms with Crippen LogP contribution in [0, 0.1) is 20.8 Å². The number of pyridine rings is 2. The summed E-state index contributed by atoms with van der Waals surface area (Å²) in [5, 5.41) is 9.30. The summed E-state index contributed by atoms with van der Waals surface area (Å²) in [6.07, 6.45) is 6.13. The van der Waals surface area contributed by atoms with Crippen LogP contribution in [0.15, 0.2) is 48.8 Å². The molecule has 7 heteroatoms. The molecule has 7 nitrogen and oxygen atoms in total. The Balaban J connectivity index is 0.000000345. The van der Waals surface area contributed by atoms with E-state index in [1.165, 1.54) is 12.8 Å². The fourth-order valence-electron chi connectivity index (χ4n) is 3.41. The fourth-order valence-corrected chi connectivity index (χ4v) is 3.41. The summed E-state index contributed by atoms with van der Waals surface area (Å²) in [5.41, 5.74) is 7.55. The van der Waals surface area contributed by atoms with Crippen LogP contribution in [0.2, 0.25) is 0 Å². The number of aryl methyl sites for hydroxylation is 3. The van der Waals surface area contributed by atoms with Gasteiger partial charge in [0.25, 0.3) is 0 Å². The highest BCUT2D eigenvalue weighted by molar-refractivity contribution is 5.34. The largest absolute Gasteiger partial charge is 0.481 e. The van der Waals surface area contributed by atoms with Crippen molar-refractivity contribution in [2.24, 2.45) is 0 Å². The van der Waals surface area contributed by atoms with Gasteiger partial charge in [0.1, 0.15) is 0 Å². The lowest BCUT2D eigenvalue weighted by Gasteiger charge is -2.14. The molecule has 0 aliphatic heterocycles. The van der Waals surface area contributed by atoms with Crippen molar-refractivity contribution in [1.82, 2.24) is 29.5 Å². The summed E-state index contributed by atoms with van der Waals surface area (Å²) in [7, 11) is 1.61. The van der Waals surface area contributed by atoms with Crippen molar-refractivity contribution in [3.05, 3.63) is 77.3 Å². The number of methoxy groups -OCH3 is 1. The summed E-state index contributed by atoms with van der Waals surface area (Å²) >= 11 is 0. The van der Waals surface area contributed by atoms with Crippen LogP contribution in [0.1, 0.15) is 111 Å². The Labute approximate surface area is 249 Å². The summed E-state index contributed by atoms with van der Waals surface area (Å²) in [6.45, 7) is 27.6. The second kappa shape index (κ2) is 16.1. The van der Waals surface area contributed by atoms with Gasteiger partial charge in [-0.1, -0.05) is 82.1 Å². The molecular formula is C34H54N6O. The van der Waals surface area contributed by atoms with E-state index in [-0.39, 0.29) is 10.8 Å². The van der Waals surface area contributed by atoms with Crippen LogP contribution in [0.25, 0.3) is 11.4 Å². The minimum Gasteiger partial charge on any atom is -0.481 e. The van der Waals surface area contributed by atoms with E-state index >= 15 is 0 Å². The molecule has 0 aromatic carbocycles. The Kier molecular flexibility index (Phi) is 13.9. The zero-order chi connectivity index (χ0) is 31.4. The van der Waals surface area contributed by atoms with Crippen LogP contribution in [-0.4, -0.2) is 36.6 Å². The fraction of sp³-hybridized carbons (Fsp3) is 0.529. The van der Waals surface area contributed by atoms with Gasteiger partial charge in [0, 0.05) is 34.0 Å². The molecule has 0 N–H and O–H groups in total. The number of ether oxygens (including phenoxy) is 1. The molecule has 226 valence electrons. The summed E-state index contributed by atoms with van der Waals surface area (Å²) in [4.78, 5) is 8.51. The van der Waals surface area contributed by atoms with Gasteiger partial charge in [-0.05, 0) is 51.1 Å². The summed E-state index contributed by atoms with van der Waals surface area (Å²) in [6, 6.07) is 12.1. The Morgan fingerprint density at radius 1 is 0.634 bits per heavy atom. The van der Waals surface area contributed by atoms with Crippen LogP contribution in [-0.2, 0) is 10.8 Å². The monoisotopic (exact) mass is 562 g/mol.